The summed E-state index contributed by atoms with van der Waals surface area (Å²) in [5.41, 5.74) is 2.78. The van der Waals surface area contributed by atoms with Gasteiger partial charge in [0.1, 0.15) is 43.8 Å². The summed E-state index contributed by atoms with van der Waals surface area (Å²) < 4.78 is 26.8. The summed E-state index contributed by atoms with van der Waals surface area (Å²) >= 11 is 0. The Morgan fingerprint density at radius 1 is 1.03 bits per heavy atom. The molecule has 164 valence electrons. The number of pyridine rings is 1. The van der Waals surface area contributed by atoms with Gasteiger partial charge in [-0.15, -0.1) is 0 Å². The molecular formula is C23H36N4O2S+2. The summed E-state index contributed by atoms with van der Waals surface area (Å²) in [7, 11) is -3.42. The SMILES string of the molecule is CCN(CC)S(=O)(=O)c1ccc(N2CC[NH+](Cc3ccc(C(C)C)cc3)CC2)[nH+]c1. The van der Waals surface area contributed by atoms with E-state index in [1.54, 1.807) is 17.2 Å². The molecule has 3 rings (SSSR count). The summed E-state index contributed by atoms with van der Waals surface area (Å²) in [6.07, 6.45) is 1.62. The molecule has 0 bridgehead atoms. The molecule has 1 aromatic heterocycles. The number of hydrogen-bond donors (Lipinski definition) is 1. The molecule has 0 unspecified atom stereocenters. The van der Waals surface area contributed by atoms with E-state index < -0.39 is 10.0 Å². The number of benzene rings is 1. The number of nitrogens with zero attached hydrogens (tertiary/aromatic N) is 2. The van der Waals surface area contributed by atoms with Gasteiger partial charge in [0, 0.05) is 24.7 Å². The van der Waals surface area contributed by atoms with E-state index in [1.807, 2.05) is 19.9 Å². The highest BCUT2D eigenvalue weighted by atomic mass is 32.2. The lowest BCUT2D eigenvalue weighted by molar-refractivity contribution is -0.914. The van der Waals surface area contributed by atoms with Gasteiger partial charge < -0.3 is 4.90 Å². The minimum Gasteiger partial charge on any atom is -0.325 e. The normalized spacial score (nSPS) is 15.9. The number of rotatable bonds is 8. The highest BCUT2D eigenvalue weighted by molar-refractivity contribution is 7.89. The molecule has 0 aliphatic carbocycles. The molecule has 1 fully saturated rings. The molecule has 0 amide bonds. The van der Waals surface area contributed by atoms with E-state index in [4.69, 9.17) is 0 Å². The van der Waals surface area contributed by atoms with E-state index >= 15 is 0 Å². The van der Waals surface area contributed by atoms with Gasteiger partial charge in [0.2, 0.25) is 10.0 Å². The van der Waals surface area contributed by atoms with Crippen molar-refractivity contribution in [1.82, 2.24) is 4.31 Å². The van der Waals surface area contributed by atoms with Crippen LogP contribution in [0.4, 0.5) is 5.82 Å². The van der Waals surface area contributed by atoms with Crippen LogP contribution in [0.5, 0.6) is 0 Å². The summed E-state index contributed by atoms with van der Waals surface area (Å²) in [4.78, 5) is 7.42. The van der Waals surface area contributed by atoms with Crippen LogP contribution in [0.15, 0.2) is 47.5 Å². The van der Waals surface area contributed by atoms with E-state index in [9.17, 15) is 8.42 Å². The predicted molar refractivity (Wildman–Crippen MR) is 120 cm³/mol. The van der Waals surface area contributed by atoms with Gasteiger partial charge in [0.25, 0.3) is 5.82 Å². The molecule has 2 aromatic rings. The molecule has 6 nitrogen and oxygen atoms in total. The maximum absolute atomic E-state index is 12.6. The quantitative estimate of drug-likeness (QED) is 0.689. The first-order valence-corrected chi connectivity index (χ1v) is 12.5. The number of sulfonamides is 1. The lowest BCUT2D eigenvalue weighted by Crippen LogP contribution is -3.13. The third kappa shape index (κ3) is 5.20. The van der Waals surface area contributed by atoms with Gasteiger partial charge in [-0.3, -0.25) is 4.90 Å². The zero-order chi connectivity index (χ0) is 21.7. The smallest absolute Gasteiger partial charge is 0.274 e. The van der Waals surface area contributed by atoms with Gasteiger partial charge in [-0.05, 0) is 17.5 Å². The molecule has 0 atom stereocenters. The third-order valence-electron chi connectivity index (χ3n) is 6.02. The monoisotopic (exact) mass is 432 g/mol. The van der Waals surface area contributed by atoms with E-state index in [1.165, 1.54) is 15.4 Å². The Kier molecular flexibility index (Phi) is 7.50. The van der Waals surface area contributed by atoms with Gasteiger partial charge in [-0.25, -0.2) is 13.4 Å². The van der Waals surface area contributed by atoms with Crippen molar-refractivity contribution < 1.29 is 18.3 Å². The van der Waals surface area contributed by atoms with Crippen LogP contribution in [0.3, 0.4) is 0 Å². The average Bonchev–Trinajstić information content (AvgIpc) is 2.75. The molecule has 2 N–H and O–H groups in total. The number of nitrogens with one attached hydrogen (secondary N) is 2. The molecule has 2 heterocycles. The van der Waals surface area contributed by atoms with Crippen molar-refractivity contribution in [2.24, 2.45) is 0 Å². The number of hydrogen-bond acceptors (Lipinski definition) is 3. The Labute approximate surface area is 181 Å². The minimum absolute atomic E-state index is 0.323. The predicted octanol–water partition coefficient (Wildman–Crippen LogP) is 1.56. The zero-order valence-electron chi connectivity index (χ0n) is 18.7. The van der Waals surface area contributed by atoms with Crippen LogP contribution in [0.2, 0.25) is 0 Å². The van der Waals surface area contributed by atoms with Crippen molar-refractivity contribution in [2.45, 2.75) is 45.1 Å². The van der Waals surface area contributed by atoms with Gasteiger partial charge in [0.15, 0.2) is 0 Å². The number of anilines is 1. The molecule has 1 aliphatic rings. The van der Waals surface area contributed by atoms with E-state index in [-0.39, 0.29) is 0 Å². The molecule has 1 aliphatic heterocycles. The Balaban J connectivity index is 1.57. The fraction of sp³-hybridized carbons (Fsp3) is 0.522. The molecule has 1 aromatic carbocycles. The molecule has 30 heavy (non-hydrogen) atoms. The molecule has 1 saturated heterocycles. The number of quaternary nitrogens is 1. The van der Waals surface area contributed by atoms with E-state index in [0.717, 1.165) is 38.5 Å². The van der Waals surface area contributed by atoms with Crippen LogP contribution in [0, 0.1) is 0 Å². The van der Waals surface area contributed by atoms with Gasteiger partial charge in [-0.1, -0.05) is 52.0 Å². The maximum Gasteiger partial charge on any atom is 0.274 e. The van der Waals surface area contributed by atoms with Crippen LogP contribution >= 0.6 is 0 Å². The first kappa shape index (κ1) is 22.7. The molecule has 0 radical (unpaired) electrons. The van der Waals surface area contributed by atoms with Crippen LogP contribution in [0.1, 0.15) is 44.7 Å². The number of aromatic nitrogens is 1. The number of H-pyrrole nitrogens is 1. The van der Waals surface area contributed by atoms with Crippen LogP contribution in [-0.2, 0) is 16.6 Å². The van der Waals surface area contributed by atoms with Crippen molar-refractivity contribution in [3.8, 4) is 0 Å². The Bertz CT molecular complexity index is 899. The second-order valence-electron chi connectivity index (χ2n) is 8.31. The Hall–Kier alpha value is -1.96. The van der Waals surface area contributed by atoms with Gasteiger partial charge in [0.05, 0.1) is 0 Å². The lowest BCUT2D eigenvalue weighted by atomic mass is 10.0. The van der Waals surface area contributed by atoms with Gasteiger partial charge >= 0.3 is 0 Å². The first-order chi connectivity index (χ1) is 14.3. The summed E-state index contributed by atoms with van der Waals surface area (Å²) in [6.45, 7) is 14.2. The fourth-order valence-electron chi connectivity index (χ4n) is 4.02. The van der Waals surface area contributed by atoms with Crippen molar-refractivity contribution in [3.63, 3.8) is 0 Å². The van der Waals surface area contributed by atoms with E-state index in [0.29, 0.717) is 23.9 Å². The van der Waals surface area contributed by atoms with Crippen LogP contribution in [-0.4, -0.2) is 52.0 Å². The highest BCUT2D eigenvalue weighted by Gasteiger charge is 2.28. The first-order valence-electron chi connectivity index (χ1n) is 11.0. The van der Waals surface area contributed by atoms with E-state index in [2.05, 4.69) is 48.0 Å². The second-order valence-corrected chi connectivity index (χ2v) is 10.2. The lowest BCUT2D eigenvalue weighted by Gasteiger charge is -2.28. The van der Waals surface area contributed by atoms with Crippen molar-refractivity contribution >= 4 is 15.8 Å². The molecule has 0 spiro atoms. The maximum atomic E-state index is 12.6. The van der Waals surface area contributed by atoms with Gasteiger partial charge in [-0.2, -0.15) is 4.31 Å². The Morgan fingerprint density at radius 3 is 2.17 bits per heavy atom. The Morgan fingerprint density at radius 2 is 1.67 bits per heavy atom. The van der Waals surface area contributed by atoms with Crippen molar-refractivity contribution in [2.75, 3.05) is 44.2 Å². The zero-order valence-corrected chi connectivity index (χ0v) is 19.5. The molecule has 0 saturated carbocycles. The van der Waals surface area contributed by atoms with Crippen molar-refractivity contribution in [3.05, 3.63) is 53.7 Å². The second kappa shape index (κ2) is 9.90. The third-order valence-corrected chi connectivity index (χ3v) is 8.07. The fourth-order valence-corrected chi connectivity index (χ4v) is 5.45. The largest absolute Gasteiger partial charge is 0.325 e. The topological polar surface area (TPSA) is 59.2 Å². The van der Waals surface area contributed by atoms with Crippen LogP contribution < -0.4 is 14.8 Å². The summed E-state index contributed by atoms with van der Waals surface area (Å²) in [5, 5.41) is 0. The van der Waals surface area contributed by atoms with Crippen LogP contribution in [0.25, 0.3) is 0 Å². The summed E-state index contributed by atoms with van der Waals surface area (Å²) in [6, 6.07) is 12.6. The number of piperazine rings is 1. The standard InChI is InChI=1S/C23H34N4O2S/c1-5-27(6-2)30(28,29)22-11-12-23(24-17-22)26-15-13-25(14-16-26)18-20-7-9-21(10-8-20)19(3)4/h7-12,17,19H,5-6,13-16,18H2,1-4H3/p+2. The van der Waals surface area contributed by atoms with Crippen molar-refractivity contribution in [1.29, 1.82) is 0 Å². The number of aromatic amines is 1. The average molecular weight is 433 g/mol. The molecular weight excluding hydrogens is 396 g/mol. The summed E-state index contributed by atoms with van der Waals surface area (Å²) in [5.74, 6) is 1.55. The molecule has 7 heteroatoms. The minimum atomic E-state index is -3.42. The highest BCUT2D eigenvalue weighted by Crippen LogP contribution is 2.16.